The van der Waals surface area contributed by atoms with Gasteiger partial charge in [-0.25, -0.2) is 4.98 Å². The maximum atomic E-state index is 5.70. The lowest BCUT2D eigenvalue weighted by atomic mass is 10.1. The molecule has 1 aromatic carbocycles. The third-order valence-corrected chi connectivity index (χ3v) is 2.85. The van der Waals surface area contributed by atoms with Crippen LogP contribution in [0.1, 0.15) is 25.3 Å². The van der Waals surface area contributed by atoms with Crippen molar-refractivity contribution < 1.29 is 4.74 Å². The molecule has 0 aliphatic heterocycles. The lowest BCUT2D eigenvalue weighted by Crippen LogP contribution is -2.03. The van der Waals surface area contributed by atoms with Crippen molar-refractivity contribution in [3.05, 3.63) is 48.5 Å². The molecule has 96 valence electrons. The molecule has 0 amide bonds. The van der Waals surface area contributed by atoms with Crippen LogP contribution in [-0.2, 0) is 13.0 Å². The topological polar surface area (TPSA) is 27.1 Å². The zero-order chi connectivity index (χ0) is 12.6. The first-order valence-corrected chi connectivity index (χ1v) is 6.56. The van der Waals surface area contributed by atoms with E-state index in [1.807, 2.05) is 12.5 Å². The summed E-state index contributed by atoms with van der Waals surface area (Å²) in [6.45, 7) is 3.89. The number of benzene rings is 1. The lowest BCUT2D eigenvalue weighted by Gasteiger charge is -2.07. The van der Waals surface area contributed by atoms with Crippen LogP contribution < -0.4 is 4.74 Å². The minimum atomic E-state index is 0.741. The fraction of sp³-hybridized carbons (Fsp3) is 0.400. The number of ether oxygens (including phenoxy) is 1. The second-order valence-corrected chi connectivity index (χ2v) is 4.40. The Morgan fingerprint density at radius 1 is 1.22 bits per heavy atom. The summed E-state index contributed by atoms with van der Waals surface area (Å²) < 4.78 is 7.77. The standard InChI is InChI=1S/C15H20N2O/c1-2-4-14-5-7-15(8-6-14)18-12-3-10-17-11-9-16-13-17/h5-9,11,13H,2-4,10,12H2,1H3. The molecule has 0 bridgehead atoms. The number of rotatable bonds is 7. The fourth-order valence-electron chi connectivity index (χ4n) is 1.90. The Morgan fingerprint density at radius 2 is 2.06 bits per heavy atom. The minimum Gasteiger partial charge on any atom is -0.494 e. The summed E-state index contributed by atoms with van der Waals surface area (Å²) in [5, 5.41) is 0. The number of hydrogen-bond acceptors (Lipinski definition) is 2. The molecule has 1 aromatic heterocycles. The van der Waals surface area contributed by atoms with Gasteiger partial charge in [-0.2, -0.15) is 0 Å². The molecule has 0 aliphatic rings. The van der Waals surface area contributed by atoms with E-state index in [1.165, 1.54) is 12.0 Å². The summed E-state index contributed by atoms with van der Waals surface area (Å²) >= 11 is 0. The Morgan fingerprint density at radius 3 is 2.72 bits per heavy atom. The van der Waals surface area contributed by atoms with Crippen LogP contribution in [0.5, 0.6) is 5.75 Å². The molecule has 0 N–H and O–H groups in total. The Hall–Kier alpha value is -1.77. The van der Waals surface area contributed by atoms with Gasteiger partial charge in [-0.3, -0.25) is 0 Å². The third-order valence-electron chi connectivity index (χ3n) is 2.85. The monoisotopic (exact) mass is 244 g/mol. The van der Waals surface area contributed by atoms with E-state index in [1.54, 1.807) is 6.20 Å². The molecule has 0 spiro atoms. The summed E-state index contributed by atoms with van der Waals surface area (Å²) in [6, 6.07) is 8.41. The van der Waals surface area contributed by atoms with Crippen LogP contribution in [0.3, 0.4) is 0 Å². The number of aromatic nitrogens is 2. The molecule has 1 heterocycles. The van der Waals surface area contributed by atoms with Gasteiger partial charge in [-0.05, 0) is 30.5 Å². The van der Waals surface area contributed by atoms with Crippen LogP contribution >= 0.6 is 0 Å². The summed E-state index contributed by atoms with van der Waals surface area (Å²) in [5.41, 5.74) is 1.38. The molecule has 0 aliphatic carbocycles. The average Bonchev–Trinajstić information content (AvgIpc) is 2.90. The van der Waals surface area contributed by atoms with E-state index in [4.69, 9.17) is 4.74 Å². The van der Waals surface area contributed by atoms with Crippen LogP contribution in [0.4, 0.5) is 0 Å². The first-order chi connectivity index (χ1) is 8.88. The van der Waals surface area contributed by atoms with Crippen LogP contribution in [-0.4, -0.2) is 16.2 Å². The van der Waals surface area contributed by atoms with E-state index in [0.29, 0.717) is 0 Å². The van der Waals surface area contributed by atoms with Gasteiger partial charge in [0.25, 0.3) is 0 Å². The Kier molecular flexibility index (Phi) is 4.82. The zero-order valence-electron chi connectivity index (χ0n) is 10.9. The Labute approximate surface area is 108 Å². The first kappa shape index (κ1) is 12.7. The average molecular weight is 244 g/mol. The summed E-state index contributed by atoms with van der Waals surface area (Å²) in [7, 11) is 0. The molecule has 0 saturated carbocycles. The highest BCUT2D eigenvalue weighted by atomic mass is 16.5. The van der Waals surface area contributed by atoms with Crippen molar-refractivity contribution in [2.24, 2.45) is 0 Å². The van der Waals surface area contributed by atoms with Gasteiger partial charge < -0.3 is 9.30 Å². The second kappa shape index (κ2) is 6.84. The van der Waals surface area contributed by atoms with Gasteiger partial charge in [-0.1, -0.05) is 25.5 Å². The Balaban J connectivity index is 1.69. The third kappa shape index (κ3) is 3.91. The maximum absolute atomic E-state index is 5.70. The molecule has 0 radical (unpaired) electrons. The number of nitrogens with zero attached hydrogens (tertiary/aromatic N) is 2. The summed E-state index contributed by atoms with van der Waals surface area (Å²) in [5.74, 6) is 0.959. The van der Waals surface area contributed by atoms with Crippen LogP contribution in [0, 0.1) is 0 Å². The van der Waals surface area contributed by atoms with E-state index in [-0.39, 0.29) is 0 Å². The minimum absolute atomic E-state index is 0.741. The molecule has 0 atom stereocenters. The van der Waals surface area contributed by atoms with Crippen molar-refractivity contribution in [1.82, 2.24) is 9.55 Å². The van der Waals surface area contributed by atoms with Gasteiger partial charge in [0, 0.05) is 18.9 Å². The van der Waals surface area contributed by atoms with Gasteiger partial charge in [0.1, 0.15) is 5.75 Å². The first-order valence-electron chi connectivity index (χ1n) is 6.56. The largest absolute Gasteiger partial charge is 0.494 e. The summed E-state index contributed by atoms with van der Waals surface area (Å²) in [4.78, 5) is 4.01. The molecule has 2 aromatic rings. The van der Waals surface area contributed by atoms with Crippen molar-refractivity contribution in [2.45, 2.75) is 32.7 Å². The molecule has 0 saturated heterocycles. The molecule has 0 unspecified atom stereocenters. The predicted octanol–water partition coefficient (Wildman–Crippen LogP) is 3.30. The van der Waals surface area contributed by atoms with Gasteiger partial charge in [-0.15, -0.1) is 0 Å². The highest BCUT2D eigenvalue weighted by molar-refractivity contribution is 5.27. The molecule has 2 rings (SSSR count). The van der Waals surface area contributed by atoms with Gasteiger partial charge in [0.15, 0.2) is 0 Å². The van der Waals surface area contributed by atoms with E-state index < -0.39 is 0 Å². The van der Waals surface area contributed by atoms with Crippen LogP contribution in [0.15, 0.2) is 43.0 Å². The highest BCUT2D eigenvalue weighted by Crippen LogP contribution is 2.13. The van der Waals surface area contributed by atoms with Gasteiger partial charge >= 0.3 is 0 Å². The Bertz CT molecular complexity index is 434. The lowest BCUT2D eigenvalue weighted by molar-refractivity contribution is 0.301. The van der Waals surface area contributed by atoms with E-state index in [2.05, 4.69) is 40.7 Å². The van der Waals surface area contributed by atoms with E-state index in [9.17, 15) is 0 Å². The smallest absolute Gasteiger partial charge is 0.119 e. The molecular formula is C15H20N2O. The quantitative estimate of drug-likeness (QED) is 0.699. The van der Waals surface area contributed by atoms with Crippen molar-refractivity contribution in [3.63, 3.8) is 0 Å². The molecule has 3 nitrogen and oxygen atoms in total. The van der Waals surface area contributed by atoms with Crippen LogP contribution in [0.2, 0.25) is 0 Å². The summed E-state index contributed by atoms with van der Waals surface area (Å²) in [6.07, 6.45) is 8.92. The van der Waals surface area contributed by atoms with Crippen molar-refractivity contribution in [2.75, 3.05) is 6.61 Å². The highest BCUT2D eigenvalue weighted by Gasteiger charge is 1.96. The van der Waals surface area contributed by atoms with Crippen molar-refractivity contribution in [1.29, 1.82) is 0 Å². The molecule has 0 fully saturated rings. The normalized spacial score (nSPS) is 10.5. The maximum Gasteiger partial charge on any atom is 0.119 e. The molecular weight excluding hydrogens is 224 g/mol. The number of hydrogen-bond donors (Lipinski definition) is 0. The second-order valence-electron chi connectivity index (χ2n) is 4.40. The van der Waals surface area contributed by atoms with Crippen LogP contribution in [0.25, 0.3) is 0 Å². The van der Waals surface area contributed by atoms with Gasteiger partial charge in [0.2, 0.25) is 0 Å². The number of aryl methyl sites for hydroxylation is 2. The SMILES string of the molecule is CCCc1ccc(OCCCn2ccnc2)cc1. The predicted molar refractivity (Wildman–Crippen MR) is 72.8 cm³/mol. The van der Waals surface area contributed by atoms with E-state index in [0.717, 1.165) is 31.7 Å². The van der Waals surface area contributed by atoms with E-state index >= 15 is 0 Å². The molecule has 18 heavy (non-hydrogen) atoms. The van der Waals surface area contributed by atoms with Crippen molar-refractivity contribution in [3.8, 4) is 5.75 Å². The van der Waals surface area contributed by atoms with Crippen molar-refractivity contribution >= 4 is 0 Å². The number of imidazole rings is 1. The zero-order valence-corrected chi connectivity index (χ0v) is 10.9. The van der Waals surface area contributed by atoms with Gasteiger partial charge in [0.05, 0.1) is 12.9 Å². The molecule has 3 heteroatoms. The fourth-order valence-corrected chi connectivity index (χ4v) is 1.90.